The normalized spacial score (nSPS) is 10.7. The molecule has 4 N–H and O–H groups in total. The van der Waals surface area contributed by atoms with Crippen molar-refractivity contribution in [3.8, 4) is 22.6 Å². The summed E-state index contributed by atoms with van der Waals surface area (Å²) in [6, 6.07) is 18.5. The highest BCUT2D eigenvalue weighted by Crippen LogP contribution is 2.48. The van der Waals surface area contributed by atoms with E-state index in [1.807, 2.05) is 62.4 Å². The first-order valence-electron chi connectivity index (χ1n) is 14.6. The van der Waals surface area contributed by atoms with Crippen molar-refractivity contribution in [2.75, 3.05) is 40.4 Å². The summed E-state index contributed by atoms with van der Waals surface area (Å²) in [5.41, 5.74) is 1.54. The van der Waals surface area contributed by atoms with Gasteiger partial charge in [0.05, 0.1) is 38.4 Å². The second kappa shape index (κ2) is 14.9. The Kier molecular flexibility index (Phi) is 10.7. The van der Waals surface area contributed by atoms with Crippen LogP contribution in [0.2, 0.25) is 0 Å². The van der Waals surface area contributed by atoms with E-state index in [0.717, 1.165) is 34.4 Å². The van der Waals surface area contributed by atoms with Crippen LogP contribution in [-0.2, 0) is 9.59 Å². The molecule has 44 heavy (non-hydrogen) atoms. The van der Waals surface area contributed by atoms with Crippen molar-refractivity contribution in [3.63, 3.8) is 0 Å². The van der Waals surface area contributed by atoms with Crippen molar-refractivity contribution in [1.29, 1.82) is 0 Å². The van der Waals surface area contributed by atoms with Crippen molar-refractivity contribution < 1.29 is 28.7 Å². The Labute approximate surface area is 256 Å². The van der Waals surface area contributed by atoms with E-state index in [1.165, 1.54) is 14.2 Å². The molecule has 0 aromatic heterocycles. The number of hydrogen-bond donors (Lipinski definition) is 4. The molecule has 0 atom stereocenters. The Bertz CT molecular complexity index is 1580. The lowest BCUT2D eigenvalue weighted by atomic mass is 9.88. The molecule has 0 saturated heterocycles. The monoisotopic (exact) mass is 598 g/mol. The summed E-state index contributed by atoms with van der Waals surface area (Å²) in [6.07, 6.45) is 1.56. The van der Waals surface area contributed by atoms with Gasteiger partial charge in [-0.25, -0.2) is 0 Å². The molecule has 0 aliphatic rings. The molecule has 0 aliphatic heterocycles. The van der Waals surface area contributed by atoms with E-state index in [0.29, 0.717) is 24.2 Å². The van der Waals surface area contributed by atoms with Crippen molar-refractivity contribution in [2.45, 2.75) is 26.7 Å². The van der Waals surface area contributed by atoms with Gasteiger partial charge in [-0.3, -0.25) is 19.2 Å². The van der Waals surface area contributed by atoms with Gasteiger partial charge in [0.15, 0.2) is 0 Å². The van der Waals surface area contributed by atoms with Crippen LogP contribution in [0.15, 0.2) is 60.7 Å². The first-order chi connectivity index (χ1) is 21.3. The van der Waals surface area contributed by atoms with Gasteiger partial charge in [-0.1, -0.05) is 62.4 Å². The molecule has 0 heterocycles. The number of nitrogens with one attached hydrogen (secondary N) is 4. The average Bonchev–Trinajstić information content (AvgIpc) is 3.05. The van der Waals surface area contributed by atoms with E-state index < -0.39 is 11.8 Å². The van der Waals surface area contributed by atoms with E-state index in [4.69, 9.17) is 9.47 Å². The van der Waals surface area contributed by atoms with Crippen LogP contribution < -0.4 is 30.7 Å². The van der Waals surface area contributed by atoms with Crippen LogP contribution in [0.5, 0.6) is 11.5 Å². The van der Waals surface area contributed by atoms with Crippen molar-refractivity contribution in [1.82, 2.24) is 21.3 Å². The predicted octanol–water partition coefficient (Wildman–Crippen LogP) is 4.19. The lowest BCUT2D eigenvalue weighted by Gasteiger charge is -2.22. The van der Waals surface area contributed by atoms with E-state index in [9.17, 15) is 19.2 Å². The number of methoxy groups -OCH3 is 2. The van der Waals surface area contributed by atoms with Gasteiger partial charge in [0.25, 0.3) is 11.8 Å². The third-order valence-corrected chi connectivity index (χ3v) is 7.11. The third kappa shape index (κ3) is 6.91. The van der Waals surface area contributed by atoms with Gasteiger partial charge in [-0.15, -0.1) is 0 Å². The molecule has 4 aromatic rings. The number of benzene rings is 4. The minimum Gasteiger partial charge on any atom is -0.495 e. The molecular formula is C34H38N4O6. The summed E-state index contributed by atoms with van der Waals surface area (Å²) in [4.78, 5) is 51.6. The maximum absolute atomic E-state index is 13.5. The number of hydrogen-bond acceptors (Lipinski definition) is 6. The number of amides is 4. The SMILES string of the molecule is CCCNC(=O)CNC(=O)c1cc2ccccc2c(-c2c(OC)c(C(=O)NCC(=O)NCCC)cc3ccccc23)c1OC. The second-order valence-electron chi connectivity index (χ2n) is 10.2. The van der Waals surface area contributed by atoms with Gasteiger partial charge in [0.1, 0.15) is 11.5 Å². The van der Waals surface area contributed by atoms with E-state index in [1.54, 1.807) is 12.1 Å². The number of carbonyl (C=O) groups excluding carboxylic acids is 4. The fourth-order valence-electron chi connectivity index (χ4n) is 5.08. The van der Waals surface area contributed by atoms with E-state index in [-0.39, 0.29) is 47.5 Å². The predicted molar refractivity (Wildman–Crippen MR) is 171 cm³/mol. The van der Waals surface area contributed by atoms with Gasteiger partial charge < -0.3 is 30.7 Å². The van der Waals surface area contributed by atoms with Crippen molar-refractivity contribution in [3.05, 3.63) is 71.8 Å². The first-order valence-corrected chi connectivity index (χ1v) is 14.6. The first kappa shape index (κ1) is 31.8. The molecule has 0 radical (unpaired) electrons. The van der Waals surface area contributed by atoms with Crippen LogP contribution >= 0.6 is 0 Å². The lowest BCUT2D eigenvalue weighted by molar-refractivity contribution is -0.120. The minimum atomic E-state index is -0.490. The Morgan fingerprint density at radius 3 is 1.34 bits per heavy atom. The largest absolute Gasteiger partial charge is 0.495 e. The molecule has 4 amide bonds. The minimum absolute atomic E-state index is 0.197. The zero-order chi connectivity index (χ0) is 31.6. The van der Waals surface area contributed by atoms with Crippen LogP contribution in [0.25, 0.3) is 32.7 Å². The zero-order valence-electron chi connectivity index (χ0n) is 25.5. The highest BCUT2D eigenvalue weighted by Gasteiger charge is 2.27. The molecule has 0 bridgehead atoms. The molecule has 0 unspecified atom stereocenters. The summed E-state index contributed by atoms with van der Waals surface area (Å²) in [5, 5.41) is 13.9. The summed E-state index contributed by atoms with van der Waals surface area (Å²) < 4.78 is 11.9. The Hall–Kier alpha value is -5.12. The molecule has 0 aliphatic carbocycles. The van der Waals surface area contributed by atoms with E-state index in [2.05, 4.69) is 21.3 Å². The topological polar surface area (TPSA) is 135 Å². The van der Waals surface area contributed by atoms with Gasteiger partial charge in [0.2, 0.25) is 11.8 Å². The fourth-order valence-corrected chi connectivity index (χ4v) is 5.08. The third-order valence-electron chi connectivity index (χ3n) is 7.11. The maximum Gasteiger partial charge on any atom is 0.255 e. The summed E-state index contributed by atoms with van der Waals surface area (Å²) in [7, 11) is 2.94. The highest BCUT2D eigenvalue weighted by atomic mass is 16.5. The van der Waals surface area contributed by atoms with Gasteiger partial charge >= 0.3 is 0 Å². The molecule has 4 rings (SSSR count). The highest BCUT2D eigenvalue weighted by molar-refractivity contribution is 6.17. The zero-order valence-corrected chi connectivity index (χ0v) is 25.5. The number of carbonyl (C=O) groups is 4. The molecule has 230 valence electrons. The smallest absolute Gasteiger partial charge is 0.255 e. The summed E-state index contributed by atoms with van der Waals surface area (Å²) in [5.74, 6) is -1.05. The van der Waals surface area contributed by atoms with Crippen LogP contribution in [0, 0.1) is 0 Å². The molecule has 10 nitrogen and oxygen atoms in total. The van der Waals surface area contributed by atoms with Crippen LogP contribution in [0.3, 0.4) is 0 Å². The van der Waals surface area contributed by atoms with Gasteiger partial charge in [0, 0.05) is 24.2 Å². The average molecular weight is 599 g/mol. The van der Waals surface area contributed by atoms with Gasteiger partial charge in [-0.2, -0.15) is 0 Å². The number of ether oxygens (including phenoxy) is 2. The van der Waals surface area contributed by atoms with Gasteiger partial charge in [-0.05, 0) is 46.5 Å². The number of rotatable bonds is 13. The molecular weight excluding hydrogens is 560 g/mol. The second-order valence-corrected chi connectivity index (χ2v) is 10.2. The molecule has 10 heteroatoms. The van der Waals surface area contributed by atoms with Crippen LogP contribution in [0.4, 0.5) is 0 Å². The van der Waals surface area contributed by atoms with Crippen molar-refractivity contribution >= 4 is 45.2 Å². The van der Waals surface area contributed by atoms with Crippen molar-refractivity contribution in [2.24, 2.45) is 0 Å². The summed E-state index contributed by atoms with van der Waals surface area (Å²) in [6.45, 7) is 4.52. The standard InChI is InChI=1S/C34H38N4O6/c1-5-15-35-27(39)19-37-33(41)25-17-21-11-7-9-13-23(21)29(31(25)43-3)30-24-14-10-8-12-22(24)18-26(32(30)44-4)34(42)38-20-28(40)36-16-6-2/h7-14,17-18H,5-6,15-16,19-20H2,1-4H3,(H,35,39)(H,36,40)(H,37,41)(H,38,42). The maximum atomic E-state index is 13.5. The Morgan fingerprint density at radius 1 is 0.591 bits per heavy atom. The van der Waals surface area contributed by atoms with Crippen LogP contribution in [-0.4, -0.2) is 64.0 Å². The summed E-state index contributed by atoms with van der Waals surface area (Å²) >= 11 is 0. The molecule has 0 saturated carbocycles. The van der Waals surface area contributed by atoms with Crippen LogP contribution in [0.1, 0.15) is 47.4 Å². The lowest BCUT2D eigenvalue weighted by Crippen LogP contribution is -2.37. The quantitative estimate of drug-likeness (QED) is 0.182. The van der Waals surface area contributed by atoms with E-state index >= 15 is 0 Å². The fraction of sp³-hybridized carbons (Fsp3) is 0.294. The Balaban J connectivity index is 1.92. The molecule has 0 fully saturated rings. The number of fused-ring (bicyclic) bond motifs is 2. The Morgan fingerprint density at radius 2 is 0.977 bits per heavy atom. The molecule has 0 spiro atoms. The molecule has 4 aromatic carbocycles.